The molecular formula is C24H33N5OS. The SMILES string of the molecule is CCN(CC)CCCNc1nc(CN2CCOCC2)nc2scc(-c3ccccc3)c12. The van der Waals surface area contributed by atoms with Crippen molar-refractivity contribution in [2.24, 2.45) is 0 Å². The van der Waals surface area contributed by atoms with Crippen molar-refractivity contribution in [3.05, 3.63) is 41.5 Å². The Bertz CT molecular complexity index is 951. The molecule has 31 heavy (non-hydrogen) atoms. The molecular weight excluding hydrogens is 406 g/mol. The molecule has 4 rings (SSSR count). The van der Waals surface area contributed by atoms with Crippen LogP contribution in [0.15, 0.2) is 35.7 Å². The number of aromatic nitrogens is 2. The van der Waals surface area contributed by atoms with E-state index in [4.69, 9.17) is 14.7 Å². The molecule has 1 fully saturated rings. The molecule has 0 spiro atoms. The van der Waals surface area contributed by atoms with E-state index < -0.39 is 0 Å². The van der Waals surface area contributed by atoms with Crippen molar-refractivity contribution in [3.8, 4) is 11.1 Å². The summed E-state index contributed by atoms with van der Waals surface area (Å²) in [5, 5.41) is 7.01. The lowest BCUT2D eigenvalue weighted by molar-refractivity contribution is 0.0331. The third-order valence-corrected chi connectivity index (χ3v) is 6.74. The largest absolute Gasteiger partial charge is 0.379 e. The Balaban J connectivity index is 1.59. The van der Waals surface area contributed by atoms with Crippen molar-refractivity contribution in [3.63, 3.8) is 0 Å². The highest BCUT2D eigenvalue weighted by Crippen LogP contribution is 2.37. The van der Waals surface area contributed by atoms with E-state index >= 15 is 0 Å². The van der Waals surface area contributed by atoms with Crippen molar-refractivity contribution in [2.75, 3.05) is 57.8 Å². The average Bonchev–Trinajstić information content (AvgIpc) is 3.24. The summed E-state index contributed by atoms with van der Waals surface area (Å²) in [6, 6.07) is 10.6. The second-order valence-electron chi connectivity index (χ2n) is 7.88. The lowest BCUT2D eigenvalue weighted by Crippen LogP contribution is -2.36. The van der Waals surface area contributed by atoms with E-state index in [1.807, 2.05) is 0 Å². The van der Waals surface area contributed by atoms with Gasteiger partial charge in [0.25, 0.3) is 0 Å². The van der Waals surface area contributed by atoms with Crippen molar-refractivity contribution in [1.82, 2.24) is 19.8 Å². The number of fused-ring (bicyclic) bond motifs is 1. The molecule has 0 atom stereocenters. The van der Waals surface area contributed by atoms with Crippen LogP contribution in [0.25, 0.3) is 21.3 Å². The molecule has 1 aliphatic rings. The van der Waals surface area contributed by atoms with Crippen LogP contribution in [-0.4, -0.2) is 72.3 Å². The standard InChI is InChI=1S/C24H33N5OS/c1-3-28(4-2)12-8-11-25-23-22-20(19-9-6-5-7-10-19)18-31-24(22)27-21(26-23)17-29-13-15-30-16-14-29/h5-7,9-10,18H,3-4,8,11-17H2,1-2H3,(H,25,26,27). The van der Waals surface area contributed by atoms with Crippen LogP contribution in [0, 0.1) is 0 Å². The Labute approximate surface area is 189 Å². The lowest BCUT2D eigenvalue weighted by Gasteiger charge is -2.26. The zero-order chi connectivity index (χ0) is 21.5. The zero-order valence-electron chi connectivity index (χ0n) is 18.6. The van der Waals surface area contributed by atoms with Gasteiger partial charge in [0.1, 0.15) is 16.5 Å². The quantitative estimate of drug-likeness (QED) is 0.475. The van der Waals surface area contributed by atoms with Crippen LogP contribution in [0.2, 0.25) is 0 Å². The summed E-state index contributed by atoms with van der Waals surface area (Å²) in [6.07, 6.45) is 1.09. The van der Waals surface area contributed by atoms with E-state index in [2.05, 4.69) is 64.7 Å². The molecule has 2 aromatic heterocycles. The number of hydrogen-bond acceptors (Lipinski definition) is 7. The molecule has 0 bridgehead atoms. The first kappa shape index (κ1) is 22.1. The third kappa shape index (κ3) is 5.60. The van der Waals surface area contributed by atoms with Gasteiger partial charge in [-0.1, -0.05) is 44.2 Å². The summed E-state index contributed by atoms with van der Waals surface area (Å²) in [5.74, 6) is 1.86. The highest BCUT2D eigenvalue weighted by atomic mass is 32.1. The minimum absolute atomic E-state index is 0.770. The number of hydrogen-bond donors (Lipinski definition) is 1. The second-order valence-corrected chi connectivity index (χ2v) is 8.74. The van der Waals surface area contributed by atoms with Crippen molar-refractivity contribution < 1.29 is 4.74 Å². The molecule has 1 aliphatic heterocycles. The summed E-state index contributed by atoms with van der Waals surface area (Å²) in [5.41, 5.74) is 2.43. The molecule has 0 amide bonds. The fourth-order valence-electron chi connectivity index (χ4n) is 4.02. The predicted molar refractivity (Wildman–Crippen MR) is 130 cm³/mol. The average molecular weight is 440 g/mol. The number of anilines is 1. The molecule has 0 radical (unpaired) electrons. The van der Waals surface area contributed by atoms with E-state index in [0.717, 1.165) is 87.3 Å². The van der Waals surface area contributed by atoms with Crippen LogP contribution in [-0.2, 0) is 11.3 Å². The fraction of sp³-hybridized carbons (Fsp3) is 0.500. The van der Waals surface area contributed by atoms with Gasteiger partial charge in [-0.2, -0.15) is 0 Å². The van der Waals surface area contributed by atoms with Crippen LogP contribution >= 0.6 is 11.3 Å². The Kier molecular flexibility index (Phi) is 7.86. The Hall–Kier alpha value is -2.06. The maximum atomic E-state index is 5.49. The molecule has 7 heteroatoms. The predicted octanol–water partition coefficient (Wildman–Crippen LogP) is 4.33. The Morgan fingerprint density at radius 3 is 2.61 bits per heavy atom. The van der Waals surface area contributed by atoms with Crippen LogP contribution in [0.3, 0.4) is 0 Å². The smallest absolute Gasteiger partial charge is 0.146 e. The third-order valence-electron chi connectivity index (χ3n) is 5.87. The first-order valence-corrected chi connectivity index (χ1v) is 12.3. The number of benzene rings is 1. The minimum Gasteiger partial charge on any atom is -0.379 e. The van der Waals surface area contributed by atoms with E-state index in [-0.39, 0.29) is 0 Å². The van der Waals surface area contributed by atoms with Gasteiger partial charge in [-0.15, -0.1) is 11.3 Å². The van der Waals surface area contributed by atoms with Gasteiger partial charge >= 0.3 is 0 Å². The molecule has 1 aromatic carbocycles. The molecule has 3 aromatic rings. The molecule has 0 aliphatic carbocycles. The molecule has 1 N–H and O–H groups in total. The normalized spacial score (nSPS) is 15.1. The van der Waals surface area contributed by atoms with Gasteiger partial charge in [0.05, 0.1) is 25.1 Å². The Morgan fingerprint density at radius 2 is 1.87 bits per heavy atom. The van der Waals surface area contributed by atoms with Crippen molar-refractivity contribution in [1.29, 1.82) is 0 Å². The molecule has 3 heterocycles. The van der Waals surface area contributed by atoms with Crippen molar-refractivity contribution in [2.45, 2.75) is 26.8 Å². The number of thiophene rings is 1. The van der Waals surface area contributed by atoms with E-state index in [1.54, 1.807) is 11.3 Å². The molecule has 0 unspecified atom stereocenters. The highest BCUT2D eigenvalue weighted by Gasteiger charge is 2.18. The lowest BCUT2D eigenvalue weighted by atomic mass is 10.1. The van der Waals surface area contributed by atoms with Crippen LogP contribution in [0.4, 0.5) is 5.82 Å². The first-order chi connectivity index (χ1) is 15.3. The van der Waals surface area contributed by atoms with Crippen molar-refractivity contribution >= 4 is 27.4 Å². The van der Waals surface area contributed by atoms with Gasteiger partial charge < -0.3 is 15.0 Å². The summed E-state index contributed by atoms with van der Waals surface area (Å²) in [6.45, 7) is 12.9. The van der Waals surface area contributed by atoms with Crippen LogP contribution in [0.5, 0.6) is 0 Å². The summed E-state index contributed by atoms with van der Waals surface area (Å²) in [7, 11) is 0. The van der Waals surface area contributed by atoms with Gasteiger partial charge in [-0.3, -0.25) is 4.90 Å². The van der Waals surface area contributed by atoms with Crippen LogP contribution in [0.1, 0.15) is 26.1 Å². The van der Waals surface area contributed by atoms with Gasteiger partial charge in [0, 0.05) is 30.6 Å². The fourth-order valence-corrected chi connectivity index (χ4v) is 4.99. The minimum atomic E-state index is 0.770. The number of nitrogens with zero attached hydrogens (tertiary/aromatic N) is 4. The number of rotatable bonds is 10. The summed E-state index contributed by atoms with van der Waals surface area (Å²) < 4.78 is 5.49. The summed E-state index contributed by atoms with van der Waals surface area (Å²) in [4.78, 5) is 15.8. The maximum Gasteiger partial charge on any atom is 0.146 e. The van der Waals surface area contributed by atoms with E-state index in [9.17, 15) is 0 Å². The number of ether oxygens (including phenoxy) is 1. The van der Waals surface area contributed by atoms with Crippen LogP contribution < -0.4 is 5.32 Å². The van der Waals surface area contributed by atoms with E-state index in [0.29, 0.717) is 0 Å². The summed E-state index contributed by atoms with van der Waals surface area (Å²) >= 11 is 1.71. The van der Waals surface area contributed by atoms with Gasteiger partial charge in [-0.05, 0) is 31.6 Å². The van der Waals surface area contributed by atoms with Gasteiger partial charge in [0.2, 0.25) is 0 Å². The molecule has 166 valence electrons. The zero-order valence-corrected chi connectivity index (χ0v) is 19.5. The molecule has 0 saturated carbocycles. The van der Waals surface area contributed by atoms with Gasteiger partial charge in [-0.25, -0.2) is 9.97 Å². The monoisotopic (exact) mass is 439 g/mol. The number of morpholine rings is 1. The highest BCUT2D eigenvalue weighted by molar-refractivity contribution is 7.17. The number of nitrogens with one attached hydrogen (secondary N) is 1. The first-order valence-electron chi connectivity index (χ1n) is 11.4. The Morgan fingerprint density at radius 1 is 1.10 bits per heavy atom. The molecule has 6 nitrogen and oxygen atoms in total. The topological polar surface area (TPSA) is 53.5 Å². The second kappa shape index (κ2) is 11.0. The van der Waals surface area contributed by atoms with Gasteiger partial charge in [0.15, 0.2) is 0 Å². The van der Waals surface area contributed by atoms with E-state index in [1.165, 1.54) is 11.1 Å². The molecule has 1 saturated heterocycles. The maximum absolute atomic E-state index is 5.49.